The van der Waals surface area contributed by atoms with E-state index in [4.69, 9.17) is 37.4 Å². The lowest BCUT2D eigenvalue weighted by Crippen LogP contribution is -2.42. The minimum atomic E-state index is -0.454. The predicted molar refractivity (Wildman–Crippen MR) is 159 cm³/mol. The molecule has 8 nitrogen and oxygen atoms in total. The van der Waals surface area contributed by atoms with Crippen LogP contribution in [0, 0.1) is 0 Å². The van der Waals surface area contributed by atoms with Crippen molar-refractivity contribution in [3.05, 3.63) is 93.6 Å². The number of halogens is 2. The van der Waals surface area contributed by atoms with Crippen LogP contribution in [0.4, 0.5) is 4.79 Å². The van der Waals surface area contributed by atoms with Crippen LogP contribution >= 0.6 is 23.2 Å². The van der Waals surface area contributed by atoms with Gasteiger partial charge < -0.3 is 24.5 Å². The van der Waals surface area contributed by atoms with E-state index in [0.29, 0.717) is 54.1 Å². The molecule has 2 atom stereocenters. The maximum absolute atomic E-state index is 13.5. The van der Waals surface area contributed by atoms with Gasteiger partial charge in [-0.05, 0) is 72.1 Å². The summed E-state index contributed by atoms with van der Waals surface area (Å²) in [6.45, 7) is 2.79. The minimum absolute atomic E-state index is 0.0985. The minimum Gasteiger partial charge on any atom is -0.493 e. The van der Waals surface area contributed by atoms with E-state index in [1.54, 1.807) is 36.3 Å². The molecular formula is C31H31Cl2N3O5. The SMILES string of the molecule is COC(CCOc1ccc([C@H]2c3[nH]c4ccc(Cl)cc4c3CCN2C(=O)Oc2ccc(Cl)cc2)cc1)CNC(C)=O. The van der Waals surface area contributed by atoms with Gasteiger partial charge in [0.25, 0.3) is 0 Å². The van der Waals surface area contributed by atoms with Crippen molar-refractivity contribution in [3.8, 4) is 11.5 Å². The highest BCUT2D eigenvalue weighted by molar-refractivity contribution is 6.31. The summed E-state index contributed by atoms with van der Waals surface area (Å²) in [6, 6.07) is 19.8. The molecule has 0 fully saturated rings. The lowest BCUT2D eigenvalue weighted by Gasteiger charge is -2.35. The molecule has 5 rings (SSSR count). The van der Waals surface area contributed by atoms with Gasteiger partial charge in [-0.3, -0.25) is 9.69 Å². The Balaban J connectivity index is 1.38. The number of rotatable bonds is 9. The van der Waals surface area contributed by atoms with Crippen molar-refractivity contribution in [1.82, 2.24) is 15.2 Å². The van der Waals surface area contributed by atoms with Crippen LogP contribution in [-0.2, 0) is 16.0 Å². The van der Waals surface area contributed by atoms with Gasteiger partial charge in [0.15, 0.2) is 0 Å². The summed E-state index contributed by atoms with van der Waals surface area (Å²) in [7, 11) is 1.61. The Morgan fingerprint density at radius 1 is 1.02 bits per heavy atom. The van der Waals surface area contributed by atoms with Crippen LogP contribution in [-0.4, -0.2) is 54.8 Å². The molecule has 0 spiro atoms. The number of ether oxygens (including phenoxy) is 3. The van der Waals surface area contributed by atoms with E-state index in [9.17, 15) is 9.59 Å². The standard InChI is InChI=1S/C31H31Cl2N3O5/c1-19(37)34-18-25(39-2)14-16-40-23-8-3-20(4-9-23)30-29-26(27-17-22(33)7-12-28(27)35-29)13-15-36(30)31(38)41-24-10-5-21(32)6-11-24/h3-12,17,25,30,35H,13-16,18H2,1-2H3,(H,34,37)/t25?,30-/m0/s1. The second-order valence-electron chi connectivity index (χ2n) is 9.88. The molecule has 41 heavy (non-hydrogen) atoms. The van der Waals surface area contributed by atoms with E-state index >= 15 is 0 Å². The molecule has 2 heterocycles. The fraction of sp³-hybridized carbons (Fsp3) is 0.290. The van der Waals surface area contributed by atoms with E-state index in [1.165, 1.54) is 6.92 Å². The summed E-state index contributed by atoms with van der Waals surface area (Å²) < 4.78 is 17.1. The molecular weight excluding hydrogens is 565 g/mol. The van der Waals surface area contributed by atoms with Crippen molar-refractivity contribution in [3.63, 3.8) is 0 Å². The van der Waals surface area contributed by atoms with Crippen molar-refractivity contribution in [2.45, 2.75) is 31.9 Å². The zero-order chi connectivity index (χ0) is 28.9. The van der Waals surface area contributed by atoms with Crippen LogP contribution in [0.3, 0.4) is 0 Å². The number of nitrogens with zero attached hydrogens (tertiary/aromatic N) is 1. The molecule has 2 N–H and O–H groups in total. The van der Waals surface area contributed by atoms with Crippen LogP contribution in [0.25, 0.3) is 10.9 Å². The smallest absolute Gasteiger partial charge is 0.416 e. The number of hydrogen-bond acceptors (Lipinski definition) is 5. The first-order valence-corrected chi connectivity index (χ1v) is 14.1. The molecule has 0 saturated heterocycles. The molecule has 214 valence electrons. The molecule has 2 amide bonds. The third kappa shape index (κ3) is 6.78. The number of carbonyl (C=O) groups excluding carboxylic acids is 2. The Morgan fingerprint density at radius 2 is 1.73 bits per heavy atom. The van der Waals surface area contributed by atoms with Gasteiger partial charge in [-0.2, -0.15) is 0 Å². The van der Waals surface area contributed by atoms with Crippen molar-refractivity contribution in [2.75, 3.05) is 26.8 Å². The highest BCUT2D eigenvalue weighted by atomic mass is 35.5. The zero-order valence-electron chi connectivity index (χ0n) is 22.8. The molecule has 3 aromatic carbocycles. The molecule has 4 aromatic rings. The number of methoxy groups -OCH3 is 1. The number of H-pyrrole nitrogens is 1. The number of hydrogen-bond donors (Lipinski definition) is 2. The molecule has 10 heteroatoms. The Morgan fingerprint density at radius 3 is 2.44 bits per heavy atom. The molecule has 1 aliphatic heterocycles. The molecule has 1 unspecified atom stereocenters. The number of carbonyl (C=O) groups is 2. The zero-order valence-corrected chi connectivity index (χ0v) is 24.3. The van der Waals surface area contributed by atoms with Gasteiger partial charge in [0.2, 0.25) is 5.91 Å². The average molecular weight is 597 g/mol. The first kappa shape index (κ1) is 28.8. The van der Waals surface area contributed by atoms with E-state index in [1.807, 2.05) is 42.5 Å². The Labute approximate surface area is 248 Å². The average Bonchev–Trinajstić information content (AvgIpc) is 3.33. The number of fused-ring (bicyclic) bond motifs is 3. The van der Waals surface area contributed by atoms with Gasteiger partial charge in [0.1, 0.15) is 17.5 Å². The number of aromatic amines is 1. The summed E-state index contributed by atoms with van der Waals surface area (Å²) in [5.41, 5.74) is 3.93. The monoisotopic (exact) mass is 595 g/mol. The summed E-state index contributed by atoms with van der Waals surface area (Å²) >= 11 is 12.3. The molecule has 1 aliphatic rings. The summed E-state index contributed by atoms with van der Waals surface area (Å²) in [6.07, 6.45) is 0.675. The maximum atomic E-state index is 13.5. The summed E-state index contributed by atoms with van der Waals surface area (Å²) in [4.78, 5) is 29.9. The third-order valence-corrected chi connectivity index (χ3v) is 7.65. The van der Waals surface area contributed by atoms with E-state index in [0.717, 1.165) is 27.7 Å². The second kappa shape index (κ2) is 12.9. The number of aromatic nitrogens is 1. The quantitative estimate of drug-likeness (QED) is 0.229. The highest BCUT2D eigenvalue weighted by Gasteiger charge is 2.35. The van der Waals surface area contributed by atoms with Gasteiger partial charge in [-0.1, -0.05) is 35.3 Å². The van der Waals surface area contributed by atoms with Gasteiger partial charge in [-0.25, -0.2) is 4.79 Å². The molecule has 0 radical (unpaired) electrons. The van der Waals surface area contributed by atoms with Gasteiger partial charge in [-0.15, -0.1) is 0 Å². The van der Waals surface area contributed by atoms with Gasteiger partial charge in [0, 0.05) is 60.2 Å². The van der Waals surface area contributed by atoms with E-state index < -0.39 is 12.1 Å². The Kier molecular flexibility index (Phi) is 9.03. The molecule has 0 saturated carbocycles. The number of nitrogens with one attached hydrogen (secondary N) is 2. The topological polar surface area (TPSA) is 92.9 Å². The second-order valence-corrected chi connectivity index (χ2v) is 10.7. The summed E-state index contributed by atoms with van der Waals surface area (Å²) in [5.74, 6) is 1.01. The lowest BCUT2D eigenvalue weighted by molar-refractivity contribution is -0.119. The van der Waals surface area contributed by atoms with Crippen LogP contribution in [0.1, 0.15) is 36.2 Å². The fourth-order valence-electron chi connectivity index (χ4n) is 5.08. The summed E-state index contributed by atoms with van der Waals surface area (Å²) in [5, 5.41) is 5.04. The first-order valence-electron chi connectivity index (χ1n) is 13.4. The Bertz CT molecular complexity index is 1520. The number of amides is 2. The fourth-order valence-corrected chi connectivity index (χ4v) is 5.38. The lowest BCUT2D eigenvalue weighted by atomic mass is 9.92. The molecule has 0 bridgehead atoms. The van der Waals surface area contributed by atoms with Crippen LogP contribution in [0.2, 0.25) is 10.0 Å². The molecule has 0 aliphatic carbocycles. The van der Waals surface area contributed by atoms with E-state index in [-0.39, 0.29) is 12.0 Å². The van der Waals surface area contributed by atoms with Crippen molar-refractivity contribution >= 4 is 46.1 Å². The Hall–Kier alpha value is -3.72. The maximum Gasteiger partial charge on any atom is 0.416 e. The predicted octanol–water partition coefficient (Wildman–Crippen LogP) is 6.54. The molecule has 1 aromatic heterocycles. The normalized spacial score (nSPS) is 15.3. The third-order valence-electron chi connectivity index (χ3n) is 7.16. The number of benzene rings is 3. The van der Waals surface area contributed by atoms with Crippen LogP contribution in [0.5, 0.6) is 11.5 Å². The van der Waals surface area contributed by atoms with Crippen molar-refractivity contribution in [1.29, 1.82) is 0 Å². The largest absolute Gasteiger partial charge is 0.493 e. The van der Waals surface area contributed by atoms with Crippen molar-refractivity contribution < 1.29 is 23.8 Å². The van der Waals surface area contributed by atoms with E-state index in [2.05, 4.69) is 10.3 Å². The van der Waals surface area contributed by atoms with Gasteiger partial charge >= 0.3 is 6.09 Å². The van der Waals surface area contributed by atoms with Crippen LogP contribution < -0.4 is 14.8 Å². The first-order chi connectivity index (χ1) is 19.8. The van der Waals surface area contributed by atoms with Gasteiger partial charge in [0.05, 0.1) is 12.7 Å². The van der Waals surface area contributed by atoms with Crippen molar-refractivity contribution in [2.24, 2.45) is 0 Å². The van der Waals surface area contributed by atoms with Crippen LogP contribution in [0.15, 0.2) is 66.7 Å². The highest BCUT2D eigenvalue weighted by Crippen LogP contribution is 2.40.